The number of nitrogens with one attached hydrogen (secondary N) is 1. The van der Waals surface area contributed by atoms with E-state index in [1.165, 1.54) is 12.2 Å². The molecule has 0 saturated carbocycles. The van der Waals surface area contributed by atoms with Crippen LogP contribution >= 0.6 is 11.8 Å². The van der Waals surface area contributed by atoms with E-state index in [-0.39, 0.29) is 0 Å². The van der Waals surface area contributed by atoms with Crippen molar-refractivity contribution in [2.24, 2.45) is 0 Å². The van der Waals surface area contributed by atoms with Gasteiger partial charge < -0.3 is 10.4 Å². The van der Waals surface area contributed by atoms with E-state index >= 15 is 0 Å². The second-order valence-corrected chi connectivity index (χ2v) is 4.93. The van der Waals surface area contributed by atoms with Gasteiger partial charge in [0, 0.05) is 23.7 Å². The Morgan fingerprint density at radius 3 is 2.92 bits per heavy atom. The normalized spacial score (nSPS) is 29.5. The first kappa shape index (κ1) is 10.4. The predicted octanol–water partition coefficient (Wildman–Crippen LogP) is 1.24. The molecule has 2 atom stereocenters. The zero-order valence-corrected chi connectivity index (χ0v) is 8.57. The number of aliphatic hydroxyl groups excluding tert-OH is 1. The molecule has 1 aliphatic heterocycles. The van der Waals surface area contributed by atoms with Crippen LogP contribution in [0, 0.1) is 0 Å². The van der Waals surface area contributed by atoms with Gasteiger partial charge >= 0.3 is 0 Å². The lowest BCUT2D eigenvalue weighted by Gasteiger charge is -2.10. The van der Waals surface area contributed by atoms with Crippen molar-refractivity contribution in [2.45, 2.75) is 37.5 Å². The Morgan fingerprint density at radius 2 is 2.33 bits per heavy atom. The number of thioether (sulfide) groups is 1. The number of aliphatic hydroxyl groups is 1. The van der Waals surface area contributed by atoms with Crippen LogP contribution in [0.5, 0.6) is 0 Å². The van der Waals surface area contributed by atoms with Gasteiger partial charge in [-0.3, -0.25) is 0 Å². The maximum absolute atomic E-state index is 8.57. The molecule has 1 aliphatic rings. The first-order valence-electron chi connectivity index (χ1n) is 4.78. The van der Waals surface area contributed by atoms with Gasteiger partial charge in [-0.25, -0.2) is 0 Å². The van der Waals surface area contributed by atoms with Gasteiger partial charge in [0.1, 0.15) is 0 Å². The Morgan fingerprint density at radius 1 is 1.50 bits per heavy atom. The van der Waals surface area contributed by atoms with Gasteiger partial charge in [-0.1, -0.05) is 6.92 Å². The molecule has 1 fully saturated rings. The molecule has 72 valence electrons. The molecule has 1 rings (SSSR count). The van der Waals surface area contributed by atoms with Gasteiger partial charge in [-0.2, -0.15) is 11.8 Å². The standard InChI is InChI=1S/C9H19NOS/c1-8-6-9(7-12-8)10-4-2-3-5-11/h8-11H,2-7H2,1H3. The van der Waals surface area contributed by atoms with Crippen molar-refractivity contribution in [1.29, 1.82) is 0 Å². The van der Waals surface area contributed by atoms with Crippen LogP contribution in [0.4, 0.5) is 0 Å². The molecule has 2 N–H and O–H groups in total. The molecule has 2 nitrogen and oxygen atoms in total. The van der Waals surface area contributed by atoms with E-state index in [2.05, 4.69) is 24.0 Å². The fourth-order valence-electron chi connectivity index (χ4n) is 1.50. The first-order valence-corrected chi connectivity index (χ1v) is 5.83. The van der Waals surface area contributed by atoms with Crippen LogP contribution in [-0.2, 0) is 0 Å². The third-order valence-electron chi connectivity index (χ3n) is 2.22. The number of hydrogen-bond donors (Lipinski definition) is 2. The van der Waals surface area contributed by atoms with Crippen molar-refractivity contribution in [2.75, 3.05) is 18.9 Å². The molecule has 0 aromatic rings. The fourth-order valence-corrected chi connectivity index (χ4v) is 2.69. The Kier molecular flexibility index (Phi) is 5.04. The highest BCUT2D eigenvalue weighted by molar-refractivity contribution is 8.00. The second-order valence-electron chi connectivity index (χ2n) is 3.46. The average molecular weight is 189 g/mol. The molecule has 0 radical (unpaired) electrons. The molecule has 0 amide bonds. The molecule has 12 heavy (non-hydrogen) atoms. The van der Waals surface area contributed by atoms with Crippen LogP contribution in [0.15, 0.2) is 0 Å². The Balaban J connectivity index is 1.93. The molecule has 0 spiro atoms. The molecule has 0 aromatic carbocycles. The molecule has 0 bridgehead atoms. The van der Waals surface area contributed by atoms with E-state index in [0.717, 1.165) is 30.7 Å². The topological polar surface area (TPSA) is 32.3 Å². The van der Waals surface area contributed by atoms with Gasteiger partial charge in [0.05, 0.1) is 0 Å². The van der Waals surface area contributed by atoms with Crippen LogP contribution in [0.25, 0.3) is 0 Å². The third kappa shape index (κ3) is 3.78. The highest BCUT2D eigenvalue weighted by Crippen LogP contribution is 2.25. The lowest BCUT2D eigenvalue weighted by Crippen LogP contribution is -2.29. The lowest BCUT2D eigenvalue weighted by molar-refractivity contribution is 0.283. The summed E-state index contributed by atoms with van der Waals surface area (Å²) in [6.45, 7) is 3.69. The fraction of sp³-hybridized carbons (Fsp3) is 1.00. The molecular weight excluding hydrogens is 170 g/mol. The number of hydrogen-bond acceptors (Lipinski definition) is 3. The van der Waals surface area contributed by atoms with Crippen molar-refractivity contribution >= 4 is 11.8 Å². The van der Waals surface area contributed by atoms with E-state index in [1.807, 2.05) is 0 Å². The quantitative estimate of drug-likeness (QED) is 0.638. The second kappa shape index (κ2) is 5.84. The zero-order chi connectivity index (χ0) is 8.81. The van der Waals surface area contributed by atoms with Gasteiger partial charge in [0.15, 0.2) is 0 Å². The minimum absolute atomic E-state index is 0.331. The Labute approximate surface area is 79.1 Å². The molecule has 2 unspecified atom stereocenters. The minimum Gasteiger partial charge on any atom is -0.396 e. The molecular formula is C9H19NOS. The van der Waals surface area contributed by atoms with E-state index in [4.69, 9.17) is 5.11 Å². The highest BCUT2D eigenvalue weighted by atomic mass is 32.2. The summed E-state index contributed by atoms with van der Waals surface area (Å²) < 4.78 is 0. The largest absolute Gasteiger partial charge is 0.396 e. The maximum Gasteiger partial charge on any atom is 0.0431 e. The third-order valence-corrected chi connectivity index (χ3v) is 3.57. The van der Waals surface area contributed by atoms with Crippen LogP contribution in [0.1, 0.15) is 26.2 Å². The summed E-state index contributed by atoms with van der Waals surface area (Å²) in [5, 5.41) is 12.9. The lowest BCUT2D eigenvalue weighted by atomic mass is 10.2. The molecule has 0 aromatic heterocycles. The number of unbranched alkanes of at least 4 members (excludes halogenated alkanes) is 1. The highest BCUT2D eigenvalue weighted by Gasteiger charge is 2.20. The summed E-state index contributed by atoms with van der Waals surface area (Å²) in [4.78, 5) is 0. The summed E-state index contributed by atoms with van der Waals surface area (Å²) in [6, 6.07) is 0.726. The summed E-state index contributed by atoms with van der Waals surface area (Å²) in [7, 11) is 0. The van der Waals surface area contributed by atoms with E-state index in [0.29, 0.717) is 6.61 Å². The minimum atomic E-state index is 0.331. The van der Waals surface area contributed by atoms with Crippen molar-refractivity contribution in [3.8, 4) is 0 Å². The Hall–Kier alpha value is 0.270. The van der Waals surface area contributed by atoms with Crippen molar-refractivity contribution in [3.05, 3.63) is 0 Å². The van der Waals surface area contributed by atoms with Crippen LogP contribution in [0.2, 0.25) is 0 Å². The van der Waals surface area contributed by atoms with Crippen molar-refractivity contribution in [1.82, 2.24) is 5.32 Å². The molecule has 1 saturated heterocycles. The monoisotopic (exact) mass is 189 g/mol. The Bertz CT molecular complexity index is 121. The van der Waals surface area contributed by atoms with Crippen LogP contribution < -0.4 is 5.32 Å². The molecule has 0 aliphatic carbocycles. The van der Waals surface area contributed by atoms with E-state index in [9.17, 15) is 0 Å². The summed E-state index contributed by atoms with van der Waals surface area (Å²) in [6.07, 6.45) is 3.35. The number of rotatable bonds is 5. The first-order chi connectivity index (χ1) is 5.83. The van der Waals surface area contributed by atoms with Gasteiger partial charge in [-0.05, 0) is 25.8 Å². The van der Waals surface area contributed by atoms with E-state index in [1.54, 1.807) is 0 Å². The molecule has 3 heteroatoms. The van der Waals surface area contributed by atoms with Crippen molar-refractivity contribution in [3.63, 3.8) is 0 Å². The van der Waals surface area contributed by atoms with Crippen LogP contribution in [-0.4, -0.2) is 35.3 Å². The maximum atomic E-state index is 8.57. The summed E-state index contributed by atoms with van der Waals surface area (Å²) >= 11 is 2.06. The van der Waals surface area contributed by atoms with Crippen molar-refractivity contribution < 1.29 is 5.11 Å². The smallest absolute Gasteiger partial charge is 0.0431 e. The zero-order valence-electron chi connectivity index (χ0n) is 7.75. The predicted molar refractivity (Wildman–Crippen MR) is 54.6 cm³/mol. The van der Waals surface area contributed by atoms with Gasteiger partial charge in [-0.15, -0.1) is 0 Å². The van der Waals surface area contributed by atoms with Gasteiger partial charge in [0.2, 0.25) is 0 Å². The molecule has 1 heterocycles. The summed E-state index contributed by atoms with van der Waals surface area (Å²) in [5.74, 6) is 1.26. The summed E-state index contributed by atoms with van der Waals surface area (Å²) in [5.41, 5.74) is 0. The van der Waals surface area contributed by atoms with E-state index < -0.39 is 0 Å². The van der Waals surface area contributed by atoms with Crippen LogP contribution in [0.3, 0.4) is 0 Å². The SMILES string of the molecule is CC1CC(NCCCCO)CS1. The van der Waals surface area contributed by atoms with Gasteiger partial charge in [0.25, 0.3) is 0 Å². The average Bonchev–Trinajstić information content (AvgIpc) is 2.45.